The first-order chi connectivity index (χ1) is 51.5. The van der Waals surface area contributed by atoms with Gasteiger partial charge in [-0.15, -0.1) is 0 Å². The molecule has 0 bridgehead atoms. The normalized spacial score (nSPS) is 13.0. The van der Waals surface area contributed by atoms with Gasteiger partial charge >= 0.3 is 0 Å². The van der Waals surface area contributed by atoms with Crippen molar-refractivity contribution >= 4 is 100 Å². The summed E-state index contributed by atoms with van der Waals surface area (Å²) in [7, 11) is 0. The van der Waals surface area contributed by atoms with Crippen LogP contribution in [0.3, 0.4) is 0 Å². The maximum absolute atomic E-state index is 6.04. The van der Waals surface area contributed by atoms with Gasteiger partial charge in [0.05, 0.1) is 11.4 Å². The molecule has 2 aliphatic rings. The number of aromatic nitrogens is 2. The average molecular weight is 1380 g/mol. The SMILES string of the molecule is CC(C)(C)c1cc(-c2cc(-c3cc(C(C)(C)C)cc(C(C)(C)C)c3)nc(-c3cc4c5c(c3)N(c3cc(-c6ccccc6)cc(-c6ccccc6)c3)c3cc6cc7ccccc7cc6cc3B5c3cc5cc6ccccc6cc5cc3N4c3cc(-c4ccccc4)cc(-c4ccccc4)c3)n2)cc(C(C)(C)C)c1. The number of anilines is 6. The van der Waals surface area contributed by atoms with Crippen molar-refractivity contribution < 1.29 is 0 Å². The fraction of sp³-hybridized carbons (Fsp3) is 0.157. The average Bonchev–Trinajstić information content (AvgIpc) is 0.687. The molecular formula is C102H87BN4. The van der Waals surface area contributed by atoms with Gasteiger partial charge in [-0.05, 0) is 263 Å². The lowest BCUT2D eigenvalue weighted by molar-refractivity contribution is 0.568. The molecule has 18 rings (SSSR count). The molecule has 0 N–H and O–H groups in total. The summed E-state index contributed by atoms with van der Waals surface area (Å²) in [5, 5.41) is 9.55. The summed E-state index contributed by atoms with van der Waals surface area (Å²) >= 11 is 0. The number of benzene rings is 15. The quantitative estimate of drug-likeness (QED) is 0.106. The van der Waals surface area contributed by atoms with Crippen LogP contribution in [0.25, 0.3) is 122 Å². The van der Waals surface area contributed by atoms with E-state index in [2.05, 4.69) is 402 Å². The highest BCUT2D eigenvalue weighted by Gasteiger charge is 2.45. The van der Waals surface area contributed by atoms with Gasteiger partial charge in [-0.25, -0.2) is 9.97 Å². The van der Waals surface area contributed by atoms with E-state index in [4.69, 9.17) is 9.97 Å². The molecular weight excluding hydrogens is 1290 g/mol. The predicted molar refractivity (Wildman–Crippen MR) is 459 cm³/mol. The van der Waals surface area contributed by atoms with Crippen LogP contribution in [0.1, 0.15) is 105 Å². The van der Waals surface area contributed by atoms with Crippen molar-refractivity contribution in [2.75, 3.05) is 9.80 Å². The Morgan fingerprint density at radius 2 is 0.514 bits per heavy atom. The molecule has 1 aromatic heterocycles. The summed E-state index contributed by atoms with van der Waals surface area (Å²) in [5.74, 6) is 0.641. The van der Waals surface area contributed by atoms with Crippen LogP contribution in [0.5, 0.6) is 0 Å². The van der Waals surface area contributed by atoms with Crippen molar-refractivity contribution in [1.29, 1.82) is 0 Å². The second kappa shape index (κ2) is 25.4. The molecule has 0 amide bonds. The molecule has 15 aromatic carbocycles. The first kappa shape index (κ1) is 67.0. The Morgan fingerprint density at radius 1 is 0.224 bits per heavy atom. The Hall–Kier alpha value is -11.9. The fourth-order valence-electron chi connectivity index (χ4n) is 16.4. The van der Waals surface area contributed by atoms with Gasteiger partial charge in [0.15, 0.2) is 5.82 Å². The zero-order valence-electron chi connectivity index (χ0n) is 63.3. The molecule has 518 valence electrons. The van der Waals surface area contributed by atoms with E-state index in [9.17, 15) is 0 Å². The van der Waals surface area contributed by atoms with Crippen molar-refractivity contribution in [3.63, 3.8) is 0 Å². The van der Waals surface area contributed by atoms with E-state index in [1.807, 2.05) is 0 Å². The molecule has 2 aliphatic heterocycles. The van der Waals surface area contributed by atoms with Crippen LogP contribution in [-0.4, -0.2) is 16.7 Å². The third-order valence-corrected chi connectivity index (χ3v) is 22.4. The van der Waals surface area contributed by atoms with Crippen LogP contribution in [0.2, 0.25) is 0 Å². The standard InChI is InChI=1S/C102H87BN4/c1-99(2,3)83-47-80(48-84(61-83)100(4,5)6)91-63-92(81-49-85(101(7,8)9)62-86(50-81)102(10,11)12)105-98(104-91)82-59-95-97-96(60-82)107(88-53-74(66-33-21-15-22-34-66)46-75(54-88)67-35-23-16-24-36-67)94-58-79-44-71-40-28-26-38-69(71)42-77(79)56-90(94)103(97)89-55-76-41-68-37-25-27-39-70(68)43-78(76)57-93(89)106(95)87-51-72(64-29-17-13-18-30-64)45-73(52-87)65-31-19-14-20-32-65/h13-63H,1-12H3. The van der Waals surface area contributed by atoms with E-state index >= 15 is 0 Å². The van der Waals surface area contributed by atoms with Gasteiger partial charge in [-0.2, -0.15) is 0 Å². The van der Waals surface area contributed by atoms with Crippen molar-refractivity contribution in [1.82, 2.24) is 9.97 Å². The zero-order valence-corrected chi connectivity index (χ0v) is 63.3. The monoisotopic (exact) mass is 1380 g/mol. The maximum atomic E-state index is 6.04. The third-order valence-electron chi connectivity index (χ3n) is 22.4. The lowest BCUT2D eigenvalue weighted by Crippen LogP contribution is -2.61. The van der Waals surface area contributed by atoms with Crippen molar-refractivity contribution in [3.05, 3.63) is 332 Å². The van der Waals surface area contributed by atoms with Gasteiger partial charge in [-0.1, -0.05) is 277 Å². The second-order valence-electron chi connectivity index (χ2n) is 34.0. The summed E-state index contributed by atoms with van der Waals surface area (Å²) in [6.45, 7) is 27.7. The number of nitrogens with zero attached hydrogens (tertiary/aromatic N) is 4. The van der Waals surface area contributed by atoms with Crippen LogP contribution < -0.4 is 26.2 Å². The number of fused-ring (bicyclic) bond motifs is 8. The topological polar surface area (TPSA) is 32.3 Å². The molecule has 3 heterocycles. The third kappa shape index (κ3) is 12.4. The molecule has 16 aromatic rings. The van der Waals surface area contributed by atoms with Gasteiger partial charge in [0.1, 0.15) is 0 Å². The molecule has 0 fully saturated rings. The fourth-order valence-corrected chi connectivity index (χ4v) is 16.4. The highest BCUT2D eigenvalue weighted by atomic mass is 15.2. The largest absolute Gasteiger partial charge is 0.311 e. The van der Waals surface area contributed by atoms with Gasteiger partial charge in [0, 0.05) is 50.8 Å². The summed E-state index contributed by atoms with van der Waals surface area (Å²) in [6.07, 6.45) is 0. The van der Waals surface area contributed by atoms with Crippen molar-refractivity contribution in [3.8, 4) is 78.4 Å². The van der Waals surface area contributed by atoms with Crippen LogP contribution in [0.15, 0.2) is 309 Å². The molecule has 0 saturated heterocycles. The van der Waals surface area contributed by atoms with Crippen molar-refractivity contribution in [2.24, 2.45) is 0 Å². The summed E-state index contributed by atoms with van der Waals surface area (Å²) < 4.78 is 0. The molecule has 0 radical (unpaired) electrons. The van der Waals surface area contributed by atoms with Gasteiger partial charge in [0.25, 0.3) is 6.71 Å². The molecule has 4 nitrogen and oxygen atoms in total. The first-order valence-corrected chi connectivity index (χ1v) is 37.9. The summed E-state index contributed by atoms with van der Waals surface area (Å²) in [4.78, 5) is 17.3. The van der Waals surface area contributed by atoms with Crippen LogP contribution in [0, 0.1) is 0 Å². The Bertz CT molecular complexity index is 5680. The van der Waals surface area contributed by atoms with Gasteiger partial charge in [-0.3, -0.25) is 0 Å². The lowest BCUT2D eigenvalue weighted by atomic mass is 9.33. The summed E-state index contributed by atoms with van der Waals surface area (Å²) in [6, 6.07) is 117. The molecule has 107 heavy (non-hydrogen) atoms. The highest BCUT2D eigenvalue weighted by Crippen LogP contribution is 2.51. The van der Waals surface area contributed by atoms with Crippen LogP contribution in [-0.2, 0) is 21.7 Å². The minimum absolute atomic E-state index is 0.151. The lowest BCUT2D eigenvalue weighted by Gasteiger charge is -2.45. The maximum Gasteiger partial charge on any atom is 0.252 e. The van der Waals surface area contributed by atoms with E-state index in [1.54, 1.807) is 0 Å². The Labute approximate surface area is 630 Å². The predicted octanol–water partition coefficient (Wildman–Crippen LogP) is 26.0. The number of rotatable bonds is 9. The zero-order chi connectivity index (χ0) is 73.4. The van der Waals surface area contributed by atoms with Gasteiger partial charge in [0.2, 0.25) is 0 Å². The molecule has 0 spiro atoms. The van der Waals surface area contributed by atoms with E-state index in [0.717, 1.165) is 107 Å². The minimum Gasteiger partial charge on any atom is -0.311 e. The van der Waals surface area contributed by atoms with Crippen molar-refractivity contribution in [2.45, 2.75) is 105 Å². The Morgan fingerprint density at radius 3 is 0.813 bits per heavy atom. The summed E-state index contributed by atoms with van der Waals surface area (Å²) in [5.41, 5.74) is 28.4. The molecule has 5 heteroatoms. The van der Waals surface area contributed by atoms with Crippen LogP contribution >= 0.6 is 0 Å². The number of hydrogen-bond acceptors (Lipinski definition) is 4. The Balaban J connectivity index is 1.02. The first-order valence-electron chi connectivity index (χ1n) is 37.9. The molecule has 0 unspecified atom stereocenters. The second-order valence-corrected chi connectivity index (χ2v) is 34.0. The van der Waals surface area contributed by atoms with E-state index < -0.39 is 0 Å². The Kier molecular flexibility index (Phi) is 15.9. The minimum atomic E-state index is -0.259. The van der Waals surface area contributed by atoms with E-state index in [0.29, 0.717) is 5.82 Å². The van der Waals surface area contributed by atoms with E-state index in [1.165, 1.54) is 81.7 Å². The van der Waals surface area contributed by atoms with E-state index in [-0.39, 0.29) is 28.4 Å². The highest BCUT2D eigenvalue weighted by molar-refractivity contribution is 7.00. The molecule has 0 atom stereocenters. The van der Waals surface area contributed by atoms with Gasteiger partial charge < -0.3 is 9.80 Å². The smallest absolute Gasteiger partial charge is 0.252 e. The number of hydrogen-bond donors (Lipinski definition) is 0. The molecule has 0 saturated carbocycles. The van der Waals surface area contributed by atoms with Crippen LogP contribution in [0.4, 0.5) is 34.1 Å². The molecule has 0 aliphatic carbocycles.